The van der Waals surface area contributed by atoms with E-state index < -0.39 is 0 Å². The molecule has 1 fully saturated rings. The molecule has 6 heteroatoms. The molecule has 2 amide bonds. The number of aryl methyl sites for hydroxylation is 2. The number of hydrogen-bond donors (Lipinski definition) is 1. The fourth-order valence-corrected chi connectivity index (χ4v) is 4.01. The molecule has 6 nitrogen and oxygen atoms in total. The number of nitrogens with one attached hydrogen (secondary N) is 1. The lowest BCUT2D eigenvalue weighted by atomic mass is 10.1. The topological polar surface area (TPSA) is 53.4 Å². The number of amides is 2. The van der Waals surface area contributed by atoms with E-state index in [-0.39, 0.29) is 6.03 Å². The van der Waals surface area contributed by atoms with Gasteiger partial charge in [-0.1, -0.05) is 38.1 Å². The second-order valence-corrected chi connectivity index (χ2v) is 7.64. The van der Waals surface area contributed by atoms with Crippen LogP contribution in [0.1, 0.15) is 49.1 Å². The molecule has 1 aliphatic rings. The number of benzene rings is 1. The van der Waals surface area contributed by atoms with Crippen molar-refractivity contribution in [1.82, 2.24) is 19.6 Å². The quantitative estimate of drug-likeness (QED) is 0.791. The van der Waals surface area contributed by atoms with Crippen molar-refractivity contribution in [3.63, 3.8) is 0 Å². The van der Waals surface area contributed by atoms with Crippen molar-refractivity contribution in [3.8, 4) is 0 Å². The minimum Gasteiger partial charge on any atom is -0.323 e. The Morgan fingerprint density at radius 2 is 1.82 bits per heavy atom. The van der Waals surface area contributed by atoms with Crippen LogP contribution in [0.15, 0.2) is 24.3 Å². The minimum atomic E-state index is -0.101. The number of anilines is 1. The number of carbonyl (C=O) groups excluding carboxylic acids is 1. The van der Waals surface area contributed by atoms with Crippen molar-refractivity contribution in [2.24, 2.45) is 7.05 Å². The van der Waals surface area contributed by atoms with Crippen molar-refractivity contribution in [3.05, 3.63) is 46.6 Å². The van der Waals surface area contributed by atoms with Gasteiger partial charge in [-0.3, -0.25) is 14.9 Å². The summed E-state index contributed by atoms with van der Waals surface area (Å²) in [4.78, 5) is 17.1. The Kier molecular flexibility index (Phi) is 6.73. The van der Waals surface area contributed by atoms with E-state index in [1.54, 1.807) is 9.58 Å². The molecule has 1 saturated heterocycles. The molecule has 0 spiro atoms. The van der Waals surface area contributed by atoms with Gasteiger partial charge in [0.25, 0.3) is 0 Å². The highest BCUT2D eigenvalue weighted by molar-refractivity contribution is 5.89. The minimum absolute atomic E-state index is 0.101. The van der Waals surface area contributed by atoms with Crippen LogP contribution in [0.25, 0.3) is 0 Å². The van der Waals surface area contributed by atoms with Gasteiger partial charge in [0.05, 0.1) is 5.69 Å². The zero-order valence-corrected chi connectivity index (χ0v) is 17.7. The molecule has 0 aliphatic carbocycles. The van der Waals surface area contributed by atoms with Gasteiger partial charge in [-0.25, -0.2) is 4.79 Å². The summed E-state index contributed by atoms with van der Waals surface area (Å²) in [7, 11) is 3.74. The summed E-state index contributed by atoms with van der Waals surface area (Å²) in [5.41, 5.74) is 4.70. The zero-order valence-electron chi connectivity index (χ0n) is 17.7. The van der Waals surface area contributed by atoms with Crippen molar-refractivity contribution in [1.29, 1.82) is 0 Å². The molecule has 0 radical (unpaired) electrons. The van der Waals surface area contributed by atoms with Crippen molar-refractivity contribution < 1.29 is 4.79 Å². The van der Waals surface area contributed by atoms with E-state index in [4.69, 9.17) is 0 Å². The van der Waals surface area contributed by atoms with E-state index in [9.17, 15) is 4.79 Å². The summed E-state index contributed by atoms with van der Waals surface area (Å²) in [6.45, 7) is 8.10. The average molecular weight is 384 g/mol. The maximum absolute atomic E-state index is 12.9. The molecule has 28 heavy (non-hydrogen) atoms. The lowest BCUT2D eigenvalue weighted by molar-refractivity contribution is 0.220. The summed E-state index contributed by atoms with van der Waals surface area (Å²) in [5.74, 6) is 0.807. The highest BCUT2D eigenvalue weighted by Gasteiger charge is 2.19. The Hall–Kier alpha value is -2.34. The van der Waals surface area contributed by atoms with Crippen LogP contribution in [0, 0.1) is 0 Å². The molecule has 0 saturated carbocycles. The van der Waals surface area contributed by atoms with Gasteiger partial charge in [0.15, 0.2) is 0 Å². The Labute approximate surface area is 168 Å². The van der Waals surface area contributed by atoms with E-state index in [2.05, 4.69) is 53.4 Å². The highest BCUT2D eigenvalue weighted by atomic mass is 16.2. The Bertz CT molecular complexity index is 807. The lowest BCUT2D eigenvalue weighted by Crippen LogP contribution is -2.32. The number of aromatic nitrogens is 2. The third-order valence-corrected chi connectivity index (χ3v) is 5.61. The van der Waals surface area contributed by atoms with Gasteiger partial charge in [-0.2, -0.15) is 5.10 Å². The van der Waals surface area contributed by atoms with Gasteiger partial charge >= 0.3 is 6.03 Å². The van der Waals surface area contributed by atoms with Crippen LogP contribution in [0.5, 0.6) is 0 Å². The summed E-state index contributed by atoms with van der Waals surface area (Å²) >= 11 is 0. The normalized spacial score (nSPS) is 14.4. The third-order valence-electron chi connectivity index (χ3n) is 5.61. The molecule has 0 unspecified atom stereocenters. The van der Waals surface area contributed by atoms with Crippen LogP contribution in [0.2, 0.25) is 0 Å². The highest BCUT2D eigenvalue weighted by Crippen LogP contribution is 2.22. The van der Waals surface area contributed by atoms with Crippen LogP contribution in [0.4, 0.5) is 10.6 Å². The summed E-state index contributed by atoms with van der Waals surface area (Å²) in [6.07, 6.45) is 4.30. The molecule has 1 aromatic carbocycles. The largest absolute Gasteiger partial charge is 0.323 e. The van der Waals surface area contributed by atoms with E-state index in [0.717, 1.165) is 36.5 Å². The number of likely N-dealkylation sites (tertiary alicyclic amines) is 1. The van der Waals surface area contributed by atoms with Crippen LogP contribution in [-0.2, 0) is 33.0 Å². The monoisotopic (exact) mass is 383 g/mol. The van der Waals surface area contributed by atoms with Gasteiger partial charge < -0.3 is 4.90 Å². The number of hydrogen-bond acceptors (Lipinski definition) is 3. The fraction of sp³-hybridized carbons (Fsp3) is 0.545. The summed E-state index contributed by atoms with van der Waals surface area (Å²) in [6, 6.07) is 8.36. The van der Waals surface area contributed by atoms with Gasteiger partial charge in [0.1, 0.15) is 5.82 Å². The fourth-order valence-electron chi connectivity index (χ4n) is 4.01. The van der Waals surface area contributed by atoms with E-state index >= 15 is 0 Å². The van der Waals surface area contributed by atoms with Crippen LogP contribution in [-0.4, -0.2) is 45.7 Å². The third kappa shape index (κ3) is 4.55. The molecule has 0 bridgehead atoms. The molecule has 152 valence electrons. The number of urea groups is 1. The first-order valence-electron chi connectivity index (χ1n) is 10.4. The van der Waals surface area contributed by atoms with Gasteiger partial charge in [0.2, 0.25) is 0 Å². The maximum atomic E-state index is 12.9. The standard InChI is InChI=1S/C22H33N5O/c1-5-19-20(6-2)24-26(4)21(19)23-22(28)25(3)15-17-11-7-8-12-18(17)16-27-13-9-10-14-27/h7-8,11-12H,5-6,9-10,13-16H2,1-4H3,(H,23,28). The van der Waals surface area contributed by atoms with E-state index in [1.807, 2.05) is 14.1 Å². The first-order valence-corrected chi connectivity index (χ1v) is 10.4. The first-order chi connectivity index (χ1) is 13.5. The molecule has 3 rings (SSSR count). The Morgan fingerprint density at radius 1 is 1.14 bits per heavy atom. The van der Waals surface area contributed by atoms with Crippen molar-refractivity contribution in [2.75, 3.05) is 25.5 Å². The summed E-state index contributed by atoms with van der Waals surface area (Å²) < 4.78 is 1.78. The zero-order chi connectivity index (χ0) is 20.1. The molecule has 1 N–H and O–H groups in total. The van der Waals surface area contributed by atoms with Crippen LogP contribution < -0.4 is 5.32 Å². The van der Waals surface area contributed by atoms with E-state index in [1.165, 1.54) is 37.1 Å². The van der Waals surface area contributed by atoms with Crippen LogP contribution in [0.3, 0.4) is 0 Å². The average Bonchev–Trinajstić information content (AvgIpc) is 3.31. The molecular formula is C22H33N5O. The Morgan fingerprint density at radius 3 is 2.46 bits per heavy atom. The SMILES string of the molecule is CCc1nn(C)c(NC(=O)N(C)Cc2ccccc2CN2CCCC2)c1CC. The Balaban J connectivity index is 1.69. The predicted molar refractivity (Wildman–Crippen MR) is 113 cm³/mol. The number of carbonyl (C=O) groups is 1. The maximum Gasteiger partial charge on any atom is 0.323 e. The smallest absolute Gasteiger partial charge is 0.323 e. The summed E-state index contributed by atoms with van der Waals surface area (Å²) in [5, 5.41) is 7.62. The van der Waals surface area contributed by atoms with Crippen LogP contribution >= 0.6 is 0 Å². The molecule has 2 aromatic rings. The van der Waals surface area contributed by atoms with Crippen molar-refractivity contribution in [2.45, 2.75) is 52.6 Å². The lowest BCUT2D eigenvalue weighted by Gasteiger charge is -2.22. The molecule has 1 aromatic heterocycles. The molecule has 2 heterocycles. The predicted octanol–water partition coefficient (Wildman–Crippen LogP) is 3.80. The van der Waals surface area contributed by atoms with Gasteiger partial charge in [0, 0.05) is 32.7 Å². The molecule has 0 atom stereocenters. The first kappa shape index (κ1) is 20.4. The van der Waals surface area contributed by atoms with Gasteiger partial charge in [-0.05, 0) is 49.9 Å². The molecule has 1 aliphatic heterocycles. The number of rotatable bonds is 7. The number of nitrogens with zero attached hydrogens (tertiary/aromatic N) is 4. The molecular weight excluding hydrogens is 350 g/mol. The second kappa shape index (κ2) is 9.24. The van der Waals surface area contributed by atoms with E-state index in [0.29, 0.717) is 6.54 Å². The van der Waals surface area contributed by atoms with Crippen molar-refractivity contribution >= 4 is 11.8 Å². The van der Waals surface area contributed by atoms with Gasteiger partial charge in [-0.15, -0.1) is 0 Å². The second-order valence-electron chi connectivity index (χ2n) is 7.64.